The topological polar surface area (TPSA) is 55.6 Å². The number of rotatable bonds is 3. The number of fused-ring (bicyclic) bond motifs is 3. The van der Waals surface area contributed by atoms with E-state index in [1.807, 2.05) is 0 Å². The maximum atomic E-state index is 11.2. The fourth-order valence-electron chi connectivity index (χ4n) is 2.93. The van der Waals surface area contributed by atoms with Crippen LogP contribution >= 0.6 is 0 Å². The minimum absolute atomic E-state index is 0.272. The number of nitrogens with zero attached hydrogens (tertiary/aromatic N) is 1. The van der Waals surface area contributed by atoms with Crippen molar-refractivity contribution in [2.75, 3.05) is 26.7 Å². The molecule has 0 aromatic heterocycles. The molecule has 0 radical (unpaired) electrons. The molecule has 4 nitrogen and oxygen atoms in total. The number of esters is 1. The van der Waals surface area contributed by atoms with Crippen molar-refractivity contribution in [3.63, 3.8) is 0 Å². The number of ether oxygens (including phenoxy) is 1. The molecule has 2 atom stereocenters. The summed E-state index contributed by atoms with van der Waals surface area (Å²) in [5.41, 5.74) is 5.80. The molecule has 3 rings (SSSR count). The summed E-state index contributed by atoms with van der Waals surface area (Å²) in [6, 6.07) is -0.430. The number of nitrogens with two attached hydrogens (primary N) is 1. The van der Waals surface area contributed by atoms with Crippen molar-refractivity contribution in [1.82, 2.24) is 4.90 Å². The molecule has 4 heteroatoms. The maximum Gasteiger partial charge on any atom is 0.322 e. The molecule has 3 fully saturated rings. The zero-order valence-corrected chi connectivity index (χ0v) is 9.32. The lowest BCUT2D eigenvalue weighted by atomic mass is 9.76. The van der Waals surface area contributed by atoms with Crippen LogP contribution in [0, 0.1) is 11.8 Å². The maximum absolute atomic E-state index is 11.2. The highest BCUT2D eigenvalue weighted by molar-refractivity contribution is 5.75. The lowest BCUT2D eigenvalue weighted by Gasteiger charge is -2.45. The predicted molar refractivity (Wildman–Crippen MR) is 57.3 cm³/mol. The van der Waals surface area contributed by atoms with Crippen LogP contribution in [0.25, 0.3) is 0 Å². The second-order valence-corrected chi connectivity index (χ2v) is 4.76. The van der Waals surface area contributed by atoms with Gasteiger partial charge in [-0.25, -0.2) is 0 Å². The standard InChI is InChI=1S/C11H20N2O2/c1-15-11(14)10(12)6-9-7-13-4-2-8(9)3-5-13/h8-10H,2-7,12H2,1H3. The van der Waals surface area contributed by atoms with Crippen molar-refractivity contribution in [3.05, 3.63) is 0 Å². The van der Waals surface area contributed by atoms with E-state index >= 15 is 0 Å². The minimum Gasteiger partial charge on any atom is -0.468 e. The Morgan fingerprint density at radius 1 is 1.53 bits per heavy atom. The molecule has 0 aliphatic carbocycles. The van der Waals surface area contributed by atoms with E-state index < -0.39 is 6.04 Å². The third-order valence-electron chi connectivity index (χ3n) is 3.85. The van der Waals surface area contributed by atoms with Crippen LogP contribution in [0.2, 0.25) is 0 Å². The van der Waals surface area contributed by atoms with Gasteiger partial charge in [0, 0.05) is 6.54 Å². The van der Waals surface area contributed by atoms with Crippen LogP contribution in [-0.2, 0) is 9.53 Å². The van der Waals surface area contributed by atoms with Crippen molar-refractivity contribution in [2.24, 2.45) is 17.6 Å². The molecule has 3 saturated heterocycles. The van der Waals surface area contributed by atoms with Gasteiger partial charge in [0.2, 0.25) is 0 Å². The lowest BCUT2D eigenvalue weighted by molar-refractivity contribution is -0.143. The fraction of sp³-hybridized carbons (Fsp3) is 0.909. The molecule has 2 bridgehead atoms. The first-order chi connectivity index (χ1) is 7.20. The van der Waals surface area contributed by atoms with Crippen LogP contribution < -0.4 is 5.73 Å². The third kappa shape index (κ3) is 2.32. The van der Waals surface area contributed by atoms with Gasteiger partial charge in [0.25, 0.3) is 0 Å². The molecule has 3 heterocycles. The molecule has 3 aliphatic heterocycles. The smallest absolute Gasteiger partial charge is 0.322 e. The van der Waals surface area contributed by atoms with E-state index in [0.29, 0.717) is 5.92 Å². The third-order valence-corrected chi connectivity index (χ3v) is 3.85. The van der Waals surface area contributed by atoms with Gasteiger partial charge in [-0.05, 0) is 44.2 Å². The second kappa shape index (κ2) is 4.49. The summed E-state index contributed by atoms with van der Waals surface area (Å²) in [5.74, 6) is 1.11. The number of hydrogen-bond donors (Lipinski definition) is 1. The largest absolute Gasteiger partial charge is 0.468 e. The Labute approximate surface area is 90.8 Å². The first kappa shape index (κ1) is 10.9. The normalized spacial score (nSPS) is 36.3. The number of methoxy groups -OCH3 is 1. The van der Waals surface area contributed by atoms with Crippen LogP contribution in [0.4, 0.5) is 0 Å². The van der Waals surface area contributed by atoms with E-state index in [4.69, 9.17) is 5.73 Å². The van der Waals surface area contributed by atoms with E-state index in [1.165, 1.54) is 33.0 Å². The summed E-state index contributed by atoms with van der Waals surface area (Å²) in [4.78, 5) is 13.7. The molecule has 0 spiro atoms. The zero-order valence-electron chi connectivity index (χ0n) is 9.32. The van der Waals surface area contributed by atoms with Gasteiger partial charge in [-0.1, -0.05) is 0 Å². The van der Waals surface area contributed by atoms with Crippen molar-refractivity contribution in [2.45, 2.75) is 25.3 Å². The van der Waals surface area contributed by atoms with Crippen LogP contribution in [0.5, 0.6) is 0 Å². The Morgan fingerprint density at radius 2 is 2.20 bits per heavy atom. The monoisotopic (exact) mass is 212 g/mol. The summed E-state index contributed by atoms with van der Waals surface area (Å²) in [6.07, 6.45) is 3.34. The van der Waals surface area contributed by atoms with Crippen molar-refractivity contribution >= 4 is 5.97 Å². The van der Waals surface area contributed by atoms with Gasteiger partial charge in [-0.15, -0.1) is 0 Å². The highest BCUT2D eigenvalue weighted by atomic mass is 16.5. The van der Waals surface area contributed by atoms with Crippen LogP contribution in [0.1, 0.15) is 19.3 Å². The van der Waals surface area contributed by atoms with E-state index in [2.05, 4.69) is 9.64 Å². The molecule has 86 valence electrons. The van der Waals surface area contributed by atoms with Crippen molar-refractivity contribution in [1.29, 1.82) is 0 Å². The summed E-state index contributed by atoms with van der Waals surface area (Å²) in [6.45, 7) is 3.58. The minimum atomic E-state index is -0.430. The molecular formula is C11H20N2O2. The Morgan fingerprint density at radius 3 is 2.67 bits per heavy atom. The highest BCUT2D eigenvalue weighted by Gasteiger charge is 2.35. The average molecular weight is 212 g/mol. The molecular weight excluding hydrogens is 192 g/mol. The van der Waals surface area contributed by atoms with Gasteiger partial charge in [-0.2, -0.15) is 0 Å². The van der Waals surface area contributed by atoms with Crippen LogP contribution in [-0.4, -0.2) is 43.7 Å². The molecule has 2 unspecified atom stereocenters. The zero-order chi connectivity index (χ0) is 10.8. The number of hydrogen-bond acceptors (Lipinski definition) is 4. The Balaban J connectivity index is 1.87. The molecule has 2 N–H and O–H groups in total. The average Bonchev–Trinajstić information content (AvgIpc) is 2.29. The first-order valence-electron chi connectivity index (χ1n) is 5.76. The SMILES string of the molecule is COC(=O)C(N)CC1CN2CCC1CC2. The summed E-state index contributed by atoms with van der Waals surface area (Å²) in [5, 5.41) is 0. The number of piperidine rings is 3. The van der Waals surface area contributed by atoms with Gasteiger partial charge in [0.05, 0.1) is 7.11 Å². The van der Waals surface area contributed by atoms with E-state index in [9.17, 15) is 4.79 Å². The Bertz CT molecular complexity index is 237. The number of carbonyl (C=O) groups is 1. The Hall–Kier alpha value is -0.610. The number of carbonyl (C=O) groups excluding carboxylic acids is 1. The van der Waals surface area contributed by atoms with Gasteiger partial charge < -0.3 is 15.4 Å². The first-order valence-corrected chi connectivity index (χ1v) is 5.76. The second-order valence-electron chi connectivity index (χ2n) is 4.76. The van der Waals surface area contributed by atoms with Gasteiger partial charge in [-0.3, -0.25) is 4.79 Å². The van der Waals surface area contributed by atoms with Crippen molar-refractivity contribution < 1.29 is 9.53 Å². The van der Waals surface area contributed by atoms with Crippen LogP contribution in [0.3, 0.4) is 0 Å². The van der Waals surface area contributed by atoms with Gasteiger partial charge >= 0.3 is 5.97 Å². The predicted octanol–water partition coefficient (Wildman–Crippen LogP) is 0.219. The lowest BCUT2D eigenvalue weighted by Crippen LogP contribution is -2.49. The van der Waals surface area contributed by atoms with Gasteiger partial charge in [0.15, 0.2) is 0 Å². The van der Waals surface area contributed by atoms with Crippen LogP contribution in [0.15, 0.2) is 0 Å². The van der Waals surface area contributed by atoms with E-state index in [0.717, 1.165) is 18.9 Å². The molecule has 0 amide bonds. The molecule has 15 heavy (non-hydrogen) atoms. The van der Waals surface area contributed by atoms with E-state index in [1.54, 1.807) is 0 Å². The van der Waals surface area contributed by atoms with Gasteiger partial charge in [0.1, 0.15) is 6.04 Å². The molecule has 3 aliphatic rings. The quantitative estimate of drug-likeness (QED) is 0.680. The summed E-state index contributed by atoms with van der Waals surface area (Å²) >= 11 is 0. The highest BCUT2D eigenvalue weighted by Crippen LogP contribution is 2.34. The summed E-state index contributed by atoms with van der Waals surface area (Å²) < 4.78 is 4.66. The van der Waals surface area contributed by atoms with Crippen molar-refractivity contribution in [3.8, 4) is 0 Å². The van der Waals surface area contributed by atoms with E-state index in [-0.39, 0.29) is 5.97 Å². The molecule has 0 aromatic rings. The fourth-order valence-corrected chi connectivity index (χ4v) is 2.93. The molecule has 0 aromatic carbocycles. The Kier molecular flexibility index (Phi) is 3.26. The summed E-state index contributed by atoms with van der Waals surface area (Å²) in [7, 11) is 1.40. The molecule has 0 saturated carbocycles.